The van der Waals surface area contributed by atoms with Crippen LogP contribution in [0, 0.1) is 11.8 Å². The van der Waals surface area contributed by atoms with Gasteiger partial charge in [0, 0.05) is 18.7 Å². The number of fused-ring (bicyclic) bond motifs is 1. The predicted molar refractivity (Wildman–Crippen MR) is 73.1 cm³/mol. The van der Waals surface area contributed by atoms with Gasteiger partial charge in [0.25, 0.3) is 5.91 Å². The molecule has 0 saturated heterocycles. The monoisotopic (exact) mass is 277 g/mol. The molecule has 108 valence electrons. The minimum atomic E-state index is -0.875. The second kappa shape index (κ2) is 5.63. The molecule has 1 amide bonds. The summed E-state index contributed by atoms with van der Waals surface area (Å²) in [7, 11) is 0. The number of hydrogen-bond donors (Lipinski definition) is 2. The lowest BCUT2D eigenvalue weighted by Crippen LogP contribution is -2.36. The summed E-state index contributed by atoms with van der Waals surface area (Å²) < 4.78 is 0. The van der Waals surface area contributed by atoms with Crippen molar-refractivity contribution >= 4 is 11.9 Å². The summed E-state index contributed by atoms with van der Waals surface area (Å²) in [4.78, 5) is 25.1. The van der Waals surface area contributed by atoms with E-state index in [0.29, 0.717) is 12.1 Å². The lowest BCUT2D eigenvalue weighted by molar-refractivity contribution is -0.143. The number of carboxylic acids is 1. The zero-order valence-corrected chi connectivity index (χ0v) is 11.7. The van der Waals surface area contributed by atoms with Crippen molar-refractivity contribution in [2.45, 2.75) is 27.0 Å². The molecule has 0 spiro atoms. The molecule has 1 heterocycles. The van der Waals surface area contributed by atoms with Gasteiger partial charge in [-0.1, -0.05) is 26.0 Å². The van der Waals surface area contributed by atoms with E-state index in [1.54, 1.807) is 23.1 Å². The van der Waals surface area contributed by atoms with Crippen molar-refractivity contribution in [3.8, 4) is 0 Å². The van der Waals surface area contributed by atoms with Crippen LogP contribution in [0.25, 0.3) is 0 Å². The second-order valence-electron chi connectivity index (χ2n) is 5.52. The van der Waals surface area contributed by atoms with Gasteiger partial charge in [0.05, 0.1) is 12.5 Å². The molecule has 2 N–H and O–H groups in total. The van der Waals surface area contributed by atoms with E-state index in [9.17, 15) is 14.7 Å². The number of nitrogens with zero attached hydrogens (tertiary/aromatic N) is 1. The third-order valence-corrected chi connectivity index (χ3v) is 3.77. The number of carbonyl (C=O) groups excluding carboxylic acids is 1. The van der Waals surface area contributed by atoms with E-state index in [0.717, 1.165) is 11.1 Å². The number of rotatable bonds is 5. The van der Waals surface area contributed by atoms with Crippen LogP contribution < -0.4 is 0 Å². The minimum absolute atomic E-state index is 0.0305. The molecular weight excluding hydrogens is 258 g/mol. The third-order valence-electron chi connectivity index (χ3n) is 3.77. The molecule has 1 aliphatic heterocycles. The van der Waals surface area contributed by atoms with Gasteiger partial charge in [0.1, 0.15) is 0 Å². The fourth-order valence-corrected chi connectivity index (χ4v) is 2.49. The molecule has 0 aliphatic carbocycles. The Balaban J connectivity index is 2.18. The van der Waals surface area contributed by atoms with Crippen molar-refractivity contribution in [3.63, 3.8) is 0 Å². The normalized spacial score (nSPS) is 15.6. The van der Waals surface area contributed by atoms with Crippen molar-refractivity contribution in [1.82, 2.24) is 4.90 Å². The van der Waals surface area contributed by atoms with Crippen LogP contribution in [0.5, 0.6) is 0 Å². The summed E-state index contributed by atoms with van der Waals surface area (Å²) in [5, 5.41) is 18.3. The largest absolute Gasteiger partial charge is 0.481 e. The van der Waals surface area contributed by atoms with Gasteiger partial charge in [-0.2, -0.15) is 0 Å². The van der Waals surface area contributed by atoms with Gasteiger partial charge in [0.2, 0.25) is 0 Å². The molecule has 0 bridgehead atoms. The molecule has 5 heteroatoms. The number of carboxylic acid groups (broad SMARTS) is 1. The van der Waals surface area contributed by atoms with Crippen LogP contribution in [0.2, 0.25) is 0 Å². The summed E-state index contributed by atoms with van der Waals surface area (Å²) in [6.45, 7) is 4.26. The highest BCUT2D eigenvalue weighted by Crippen LogP contribution is 2.26. The molecule has 0 radical (unpaired) electrons. The quantitative estimate of drug-likeness (QED) is 0.854. The van der Waals surface area contributed by atoms with Gasteiger partial charge >= 0.3 is 5.97 Å². The van der Waals surface area contributed by atoms with Crippen molar-refractivity contribution in [2.24, 2.45) is 11.8 Å². The Morgan fingerprint density at radius 1 is 1.40 bits per heavy atom. The number of benzene rings is 1. The van der Waals surface area contributed by atoms with E-state index in [2.05, 4.69) is 0 Å². The molecule has 1 aromatic rings. The molecular formula is C15H19NO4. The number of amides is 1. The zero-order valence-electron chi connectivity index (χ0n) is 11.7. The topological polar surface area (TPSA) is 77.8 Å². The van der Waals surface area contributed by atoms with Crippen LogP contribution in [-0.4, -0.2) is 33.5 Å². The predicted octanol–water partition coefficient (Wildman–Crippen LogP) is 1.49. The van der Waals surface area contributed by atoms with Gasteiger partial charge in [-0.25, -0.2) is 0 Å². The van der Waals surface area contributed by atoms with E-state index in [4.69, 9.17) is 5.11 Å². The number of hydrogen-bond acceptors (Lipinski definition) is 3. The van der Waals surface area contributed by atoms with E-state index < -0.39 is 11.9 Å². The van der Waals surface area contributed by atoms with Gasteiger partial charge in [-0.05, 0) is 23.1 Å². The minimum Gasteiger partial charge on any atom is -0.481 e. The summed E-state index contributed by atoms with van der Waals surface area (Å²) in [5.41, 5.74) is 2.22. The lowest BCUT2D eigenvalue weighted by Gasteiger charge is -2.23. The summed E-state index contributed by atoms with van der Waals surface area (Å²) in [6, 6.07) is 5.23. The standard InChI is InChI=1S/C15H19NO4/c1-9(2)13(15(19)20)7-16-6-11-5-10(8-17)3-4-12(11)14(16)18/h3-5,9,13,17H,6-8H2,1-2H3,(H,19,20)/t13-/m1/s1. The smallest absolute Gasteiger partial charge is 0.308 e. The highest BCUT2D eigenvalue weighted by Gasteiger charge is 2.32. The van der Waals surface area contributed by atoms with Crippen molar-refractivity contribution < 1.29 is 19.8 Å². The molecule has 0 unspecified atom stereocenters. The van der Waals surface area contributed by atoms with Crippen LogP contribution in [0.1, 0.15) is 35.3 Å². The summed E-state index contributed by atoms with van der Waals surface area (Å²) in [6.07, 6.45) is 0. The molecule has 0 fully saturated rings. The van der Waals surface area contributed by atoms with Gasteiger partial charge in [-0.15, -0.1) is 0 Å². The highest BCUT2D eigenvalue weighted by molar-refractivity contribution is 5.98. The Hall–Kier alpha value is -1.88. The van der Waals surface area contributed by atoms with Crippen molar-refractivity contribution in [3.05, 3.63) is 34.9 Å². The maximum atomic E-state index is 12.2. The number of aliphatic hydroxyl groups is 1. The molecule has 0 saturated carbocycles. The van der Waals surface area contributed by atoms with Gasteiger partial charge in [-0.3, -0.25) is 9.59 Å². The van der Waals surface area contributed by atoms with E-state index in [1.165, 1.54) is 0 Å². The van der Waals surface area contributed by atoms with E-state index in [-0.39, 0.29) is 25.0 Å². The summed E-state index contributed by atoms with van der Waals surface area (Å²) >= 11 is 0. The Labute approximate surface area is 117 Å². The zero-order chi connectivity index (χ0) is 14.9. The first kappa shape index (κ1) is 14.5. The molecule has 5 nitrogen and oxygen atoms in total. The Morgan fingerprint density at radius 3 is 2.65 bits per heavy atom. The number of carbonyl (C=O) groups is 2. The van der Waals surface area contributed by atoms with Crippen LogP contribution in [0.3, 0.4) is 0 Å². The third kappa shape index (κ3) is 2.67. The molecule has 2 rings (SSSR count). The average Bonchev–Trinajstić information content (AvgIpc) is 2.71. The first-order chi connectivity index (χ1) is 9.43. The van der Waals surface area contributed by atoms with E-state index >= 15 is 0 Å². The highest BCUT2D eigenvalue weighted by atomic mass is 16.4. The molecule has 0 aromatic heterocycles. The first-order valence-corrected chi connectivity index (χ1v) is 6.68. The number of aliphatic hydroxyl groups excluding tert-OH is 1. The molecule has 1 aromatic carbocycles. The fraction of sp³-hybridized carbons (Fsp3) is 0.467. The Kier molecular flexibility index (Phi) is 4.09. The van der Waals surface area contributed by atoms with Crippen LogP contribution in [-0.2, 0) is 17.9 Å². The average molecular weight is 277 g/mol. The molecule has 1 aliphatic rings. The maximum absolute atomic E-state index is 12.2. The fourth-order valence-electron chi connectivity index (χ4n) is 2.49. The maximum Gasteiger partial charge on any atom is 0.308 e. The van der Waals surface area contributed by atoms with Gasteiger partial charge < -0.3 is 15.1 Å². The summed E-state index contributed by atoms with van der Waals surface area (Å²) in [5.74, 6) is -1.60. The Bertz CT molecular complexity index is 539. The molecule has 1 atom stereocenters. The lowest BCUT2D eigenvalue weighted by atomic mass is 9.95. The van der Waals surface area contributed by atoms with Crippen molar-refractivity contribution in [1.29, 1.82) is 0 Å². The first-order valence-electron chi connectivity index (χ1n) is 6.68. The van der Waals surface area contributed by atoms with E-state index in [1.807, 2.05) is 13.8 Å². The van der Waals surface area contributed by atoms with Crippen LogP contribution in [0.4, 0.5) is 0 Å². The number of aliphatic carboxylic acids is 1. The van der Waals surface area contributed by atoms with Gasteiger partial charge in [0.15, 0.2) is 0 Å². The second-order valence-corrected chi connectivity index (χ2v) is 5.52. The SMILES string of the molecule is CC(C)[C@@H](CN1Cc2cc(CO)ccc2C1=O)C(=O)O. The Morgan fingerprint density at radius 2 is 2.10 bits per heavy atom. The molecule has 20 heavy (non-hydrogen) atoms. The van der Waals surface area contributed by atoms with Crippen LogP contribution in [0.15, 0.2) is 18.2 Å². The van der Waals surface area contributed by atoms with Crippen LogP contribution >= 0.6 is 0 Å². The van der Waals surface area contributed by atoms with Crippen molar-refractivity contribution in [2.75, 3.05) is 6.54 Å².